The number of hydrogen-bond acceptors (Lipinski definition) is 3. The Balaban J connectivity index is 2.86. The van der Waals surface area contributed by atoms with Crippen molar-refractivity contribution >= 4 is 30.2 Å². The molecule has 0 unspecified atom stereocenters. The molecule has 0 aromatic heterocycles. The van der Waals surface area contributed by atoms with Crippen molar-refractivity contribution in [3.8, 4) is 5.75 Å². The second-order valence-electron chi connectivity index (χ2n) is 8.00. The molecule has 2 aromatic carbocycles. The molecular weight excluding hydrogens is 316 g/mol. The second-order valence-corrected chi connectivity index (χ2v) is 13.2. The molecule has 3 nitrogen and oxygen atoms in total. The van der Waals surface area contributed by atoms with E-state index in [2.05, 4.69) is 70.6 Å². The summed E-state index contributed by atoms with van der Waals surface area (Å²) in [7, 11) is -0.428. The van der Waals surface area contributed by atoms with Crippen LogP contribution in [-0.4, -0.2) is 21.3 Å². The second kappa shape index (κ2) is 6.24. The van der Waals surface area contributed by atoms with Gasteiger partial charge in [0.15, 0.2) is 0 Å². The van der Waals surface area contributed by atoms with E-state index in [1.807, 2.05) is 6.07 Å². The van der Waals surface area contributed by atoms with E-state index >= 15 is 0 Å². The van der Waals surface area contributed by atoms with Gasteiger partial charge in [0.1, 0.15) is 5.75 Å². The molecule has 0 spiro atoms. The van der Waals surface area contributed by atoms with Crippen LogP contribution in [0, 0.1) is 13.8 Å². The van der Waals surface area contributed by atoms with E-state index in [9.17, 15) is 4.79 Å². The predicted octanol–water partition coefficient (Wildman–Crippen LogP) is 5.32. The van der Waals surface area contributed by atoms with Crippen LogP contribution in [0.4, 0.5) is 4.79 Å². The highest BCUT2D eigenvalue weighted by Crippen LogP contribution is 2.39. The zero-order chi connectivity index (χ0) is 18.3. The van der Waals surface area contributed by atoms with Gasteiger partial charge in [-0.05, 0) is 46.7 Å². The number of carbonyl (C=O) groups excluding carboxylic acids is 1. The molecule has 24 heavy (non-hydrogen) atoms. The lowest BCUT2D eigenvalue weighted by Crippen LogP contribution is -2.51. The molecule has 2 aromatic rings. The van der Waals surface area contributed by atoms with E-state index in [-0.39, 0.29) is 5.04 Å². The number of benzene rings is 2. The van der Waals surface area contributed by atoms with Crippen molar-refractivity contribution in [2.24, 2.45) is 0 Å². The first-order valence-corrected chi connectivity index (χ1v) is 11.3. The van der Waals surface area contributed by atoms with Gasteiger partial charge in [0.25, 0.3) is 0 Å². The lowest BCUT2D eigenvalue weighted by Gasteiger charge is -2.39. The summed E-state index contributed by atoms with van der Waals surface area (Å²) in [4.78, 5) is 11.7. The zero-order valence-corrected chi connectivity index (χ0v) is 17.0. The molecule has 4 heteroatoms. The number of methoxy groups -OCH3 is 1. The monoisotopic (exact) mass is 344 g/mol. The Morgan fingerprint density at radius 3 is 2.25 bits per heavy atom. The smallest absolute Gasteiger partial charge is 0.437 e. The Morgan fingerprint density at radius 2 is 1.71 bits per heavy atom. The maximum Gasteiger partial charge on any atom is 0.513 e. The summed E-state index contributed by atoms with van der Waals surface area (Å²) in [5.74, 6) is 0.579. The van der Waals surface area contributed by atoms with E-state index in [1.54, 1.807) is 0 Å². The van der Waals surface area contributed by atoms with Gasteiger partial charge in [0.05, 0.1) is 15.2 Å². The van der Waals surface area contributed by atoms with E-state index in [0.717, 1.165) is 10.9 Å². The molecule has 0 heterocycles. The lowest BCUT2D eigenvalue weighted by atomic mass is 10.0. The minimum atomic E-state index is -1.76. The van der Waals surface area contributed by atoms with E-state index in [0.29, 0.717) is 5.75 Å². The maximum absolute atomic E-state index is 11.7. The quantitative estimate of drug-likeness (QED) is 0.420. The van der Waals surface area contributed by atoms with Crippen molar-refractivity contribution in [3.05, 3.63) is 35.4 Å². The minimum Gasteiger partial charge on any atom is -0.437 e. The molecule has 0 bridgehead atoms. The fourth-order valence-electron chi connectivity index (χ4n) is 3.17. The van der Waals surface area contributed by atoms with Crippen molar-refractivity contribution < 1.29 is 14.3 Å². The molecule has 2 rings (SSSR count). The molecule has 0 aliphatic heterocycles. The summed E-state index contributed by atoms with van der Waals surface area (Å²) in [6, 6.07) is 8.27. The van der Waals surface area contributed by atoms with Gasteiger partial charge in [0, 0.05) is 5.39 Å². The van der Waals surface area contributed by atoms with Crippen LogP contribution in [0.15, 0.2) is 24.3 Å². The largest absolute Gasteiger partial charge is 0.513 e. The number of fused-ring (bicyclic) bond motifs is 1. The number of aryl methyl sites for hydroxylation is 2. The molecule has 0 atom stereocenters. The zero-order valence-electron chi connectivity index (χ0n) is 16.0. The van der Waals surface area contributed by atoms with Gasteiger partial charge in [0.2, 0.25) is 0 Å². The van der Waals surface area contributed by atoms with Crippen molar-refractivity contribution in [3.63, 3.8) is 0 Å². The third-order valence-electron chi connectivity index (χ3n) is 5.39. The summed E-state index contributed by atoms with van der Waals surface area (Å²) in [6.45, 7) is 16.0. The van der Waals surface area contributed by atoms with Gasteiger partial charge < -0.3 is 9.47 Å². The minimum absolute atomic E-state index is 0.221. The normalized spacial score (nSPS) is 12.3. The van der Waals surface area contributed by atoms with Crippen molar-refractivity contribution in [2.75, 3.05) is 7.11 Å². The van der Waals surface area contributed by atoms with Crippen molar-refractivity contribution in [2.45, 2.75) is 52.8 Å². The van der Waals surface area contributed by atoms with Crippen LogP contribution in [0.5, 0.6) is 5.75 Å². The Morgan fingerprint density at radius 1 is 1.08 bits per heavy atom. The average Bonchev–Trinajstić information content (AvgIpc) is 2.45. The van der Waals surface area contributed by atoms with Gasteiger partial charge in [-0.3, -0.25) is 0 Å². The van der Waals surface area contributed by atoms with Gasteiger partial charge in [-0.25, -0.2) is 4.79 Å². The Bertz CT molecular complexity index is 786. The molecular formula is C20H28O3Si. The van der Waals surface area contributed by atoms with Crippen LogP contribution in [0.2, 0.25) is 18.1 Å². The van der Waals surface area contributed by atoms with Gasteiger partial charge >= 0.3 is 6.16 Å². The van der Waals surface area contributed by atoms with Gasteiger partial charge in [-0.15, -0.1) is 0 Å². The average molecular weight is 345 g/mol. The van der Waals surface area contributed by atoms with E-state index in [4.69, 9.17) is 4.74 Å². The van der Waals surface area contributed by atoms with Crippen LogP contribution >= 0.6 is 0 Å². The summed E-state index contributed by atoms with van der Waals surface area (Å²) < 4.78 is 10.1. The van der Waals surface area contributed by atoms with Crippen LogP contribution in [0.1, 0.15) is 31.9 Å². The third-order valence-corrected chi connectivity index (χ3v) is 11.1. The topological polar surface area (TPSA) is 35.5 Å². The highest BCUT2D eigenvalue weighted by molar-refractivity contribution is 6.94. The van der Waals surface area contributed by atoms with Gasteiger partial charge in [-0.2, -0.15) is 0 Å². The van der Waals surface area contributed by atoms with E-state index in [1.165, 1.54) is 23.2 Å². The summed E-state index contributed by atoms with van der Waals surface area (Å²) in [5, 5.41) is 3.86. The Labute approximate surface area is 146 Å². The molecule has 0 aliphatic rings. The third kappa shape index (κ3) is 3.07. The SMILES string of the molecule is COC(=O)Oc1cc(C)c([Si](C)(C)C(C)(C)C)c2cccc(C)c12. The number of rotatable bonds is 2. The first kappa shape index (κ1) is 18.5. The summed E-state index contributed by atoms with van der Waals surface area (Å²) >= 11 is 0. The van der Waals surface area contributed by atoms with Crippen LogP contribution in [-0.2, 0) is 4.74 Å². The first-order chi connectivity index (χ1) is 11.0. The van der Waals surface area contributed by atoms with E-state index < -0.39 is 14.2 Å². The highest BCUT2D eigenvalue weighted by Gasteiger charge is 2.39. The molecule has 0 amide bonds. The Hall–Kier alpha value is -1.81. The van der Waals surface area contributed by atoms with Crippen molar-refractivity contribution in [1.29, 1.82) is 0 Å². The number of carbonyl (C=O) groups is 1. The summed E-state index contributed by atoms with van der Waals surface area (Å²) in [6.07, 6.45) is -0.681. The van der Waals surface area contributed by atoms with Crippen LogP contribution in [0.3, 0.4) is 0 Å². The molecule has 0 fully saturated rings. The maximum atomic E-state index is 11.7. The fraction of sp³-hybridized carbons (Fsp3) is 0.450. The standard InChI is InChI=1S/C20H28O3Si/c1-13-10-9-11-15-17(13)16(23-19(21)22-6)12-14(2)18(15)24(7,8)20(3,4)5/h9-12H,1-8H3. The lowest BCUT2D eigenvalue weighted by molar-refractivity contribution is 0.122. The van der Waals surface area contributed by atoms with Crippen molar-refractivity contribution in [1.82, 2.24) is 0 Å². The molecule has 0 saturated carbocycles. The number of hydrogen-bond donors (Lipinski definition) is 0. The number of ether oxygens (including phenoxy) is 2. The first-order valence-electron chi connectivity index (χ1n) is 8.30. The molecule has 130 valence electrons. The fourth-order valence-corrected chi connectivity index (χ4v) is 5.86. The summed E-state index contributed by atoms with van der Waals surface area (Å²) in [5.41, 5.74) is 2.28. The molecule has 0 N–H and O–H groups in total. The van der Waals surface area contributed by atoms with Gasteiger partial charge in [-0.1, -0.05) is 52.1 Å². The molecule has 0 radical (unpaired) electrons. The van der Waals surface area contributed by atoms with Crippen LogP contribution < -0.4 is 9.92 Å². The molecule has 0 saturated heterocycles. The highest BCUT2D eigenvalue weighted by atomic mass is 28.3. The molecule has 0 aliphatic carbocycles. The predicted molar refractivity (Wildman–Crippen MR) is 103 cm³/mol. The van der Waals surface area contributed by atoms with Crippen LogP contribution in [0.25, 0.3) is 10.8 Å². The Kier molecular flexibility index (Phi) is 4.82.